The quantitative estimate of drug-likeness (QED) is 0.876. The molecule has 1 saturated heterocycles. The third kappa shape index (κ3) is 3.64. The van der Waals surface area contributed by atoms with Gasteiger partial charge in [-0.05, 0) is 39.0 Å². The highest BCUT2D eigenvalue weighted by molar-refractivity contribution is 5.91. The Morgan fingerprint density at radius 1 is 1.52 bits per heavy atom. The second kappa shape index (κ2) is 7.07. The smallest absolute Gasteiger partial charge is 0.292 e. The number of hydrogen-bond donors (Lipinski definition) is 1. The van der Waals surface area contributed by atoms with Crippen molar-refractivity contribution in [1.29, 1.82) is 0 Å². The first kappa shape index (κ1) is 16.0. The number of carbonyl (C=O) groups is 1. The molecule has 1 aliphatic heterocycles. The predicted octanol–water partition coefficient (Wildman–Crippen LogP) is 2.95. The van der Waals surface area contributed by atoms with E-state index in [0.29, 0.717) is 18.1 Å². The monoisotopic (exact) mass is 294 g/mol. The normalized spacial score (nSPS) is 20.2. The number of aliphatic hydroxyl groups excluding tert-OH is 1. The first-order valence-electron chi connectivity index (χ1n) is 8.02. The van der Waals surface area contributed by atoms with Crippen LogP contribution in [-0.4, -0.2) is 39.8 Å². The van der Waals surface area contributed by atoms with Gasteiger partial charge in [0, 0.05) is 24.6 Å². The second-order valence-electron chi connectivity index (χ2n) is 6.01. The van der Waals surface area contributed by atoms with Crippen LogP contribution in [0.4, 0.5) is 0 Å². The molecule has 2 rings (SSSR count). The van der Waals surface area contributed by atoms with E-state index in [9.17, 15) is 9.90 Å². The maximum Gasteiger partial charge on any atom is 0.292 e. The first-order valence-corrected chi connectivity index (χ1v) is 8.02. The predicted molar refractivity (Wildman–Crippen MR) is 80.2 cm³/mol. The highest BCUT2D eigenvalue weighted by Gasteiger charge is 2.32. The molecular formula is C16H26N2O3. The molecular weight excluding hydrogens is 268 g/mol. The SMILES string of the molecule is CCC(CC)c1cc(C(=O)N2CCCC2CC(C)O)on1. The molecule has 1 fully saturated rings. The summed E-state index contributed by atoms with van der Waals surface area (Å²) in [5, 5.41) is 13.6. The van der Waals surface area contributed by atoms with E-state index in [1.54, 1.807) is 13.0 Å². The zero-order chi connectivity index (χ0) is 15.4. The van der Waals surface area contributed by atoms with Crippen molar-refractivity contribution >= 4 is 5.91 Å². The Labute approximate surface area is 126 Å². The highest BCUT2D eigenvalue weighted by atomic mass is 16.5. The molecule has 1 aromatic rings. The number of nitrogens with zero attached hydrogens (tertiary/aromatic N) is 2. The van der Waals surface area contributed by atoms with Crippen molar-refractivity contribution < 1.29 is 14.4 Å². The molecule has 0 bridgehead atoms. The molecule has 2 atom stereocenters. The van der Waals surface area contributed by atoms with Gasteiger partial charge < -0.3 is 14.5 Å². The molecule has 1 aliphatic rings. The summed E-state index contributed by atoms with van der Waals surface area (Å²) in [6, 6.07) is 1.90. The van der Waals surface area contributed by atoms with Crippen molar-refractivity contribution in [2.45, 2.75) is 70.9 Å². The van der Waals surface area contributed by atoms with Crippen LogP contribution in [0, 0.1) is 0 Å². The number of likely N-dealkylation sites (tertiary alicyclic amines) is 1. The fourth-order valence-electron chi connectivity index (χ4n) is 3.17. The zero-order valence-corrected chi connectivity index (χ0v) is 13.2. The molecule has 0 spiro atoms. The van der Waals surface area contributed by atoms with E-state index >= 15 is 0 Å². The van der Waals surface area contributed by atoms with Crippen molar-refractivity contribution in [1.82, 2.24) is 10.1 Å². The lowest BCUT2D eigenvalue weighted by molar-refractivity contribution is 0.0641. The Hall–Kier alpha value is -1.36. The van der Waals surface area contributed by atoms with Gasteiger partial charge in [0.2, 0.25) is 5.76 Å². The summed E-state index contributed by atoms with van der Waals surface area (Å²) in [7, 11) is 0. The van der Waals surface area contributed by atoms with Crippen LogP contribution < -0.4 is 0 Å². The zero-order valence-electron chi connectivity index (χ0n) is 13.2. The van der Waals surface area contributed by atoms with Gasteiger partial charge in [-0.25, -0.2) is 0 Å². The molecule has 0 aliphatic carbocycles. The molecule has 1 amide bonds. The van der Waals surface area contributed by atoms with Crippen LogP contribution in [0.1, 0.15) is 75.0 Å². The van der Waals surface area contributed by atoms with Crippen molar-refractivity contribution in [3.05, 3.63) is 17.5 Å². The van der Waals surface area contributed by atoms with Gasteiger partial charge in [-0.15, -0.1) is 0 Å². The Morgan fingerprint density at radius 2 is 2.24 bits per heavy atom. The standard InChI is InChI=1S/C16H26N2O3/c1-4-12(5-2)14-10-15(21-17-14)16(20)18-8-6-7-13(18)9-11(3)19/h10-13,19H,4-9H2,1-3H3. The van der Waals surface area contributed by atoms with Gasteiger partial charge in [-0.3, -0.25) is 4.79 Å². The molecule has 0 saturated carbocycles. The number of rotatable bonds is 6. The average molecular weight is 294 g/mol. The fraction of sp³-hybridized carbons (Fsp3) is 0.750. The van der Waals surface area contributed by atoms with Gasteiger partial charge in [-0.2, -0.15) is 0 Å². The van der Waals surface area contributed by atoms with Crippen molar-refractivity contribution in [3.63, 3.8) is 0 Å². The summed E-state index contributed by atoms with van der Waals surface area (Å²) in [6.45, 7) is 6.73. The van der Waals surface area contributed by atoms with Crippen LogP contribution >= 0.6 is 0 Å². The largest absolute Gasteiger partial charge is 0.393 e. The van der Waals surface area contributed by atoms with Gasteiger partial charge in [-0.1, -0.05) is 19.0 Å². The van der Waals surface area contributed by atoms with E-state index in [1.807, 2.05) is 4.90 Å². The summed E-state index contributed by atoms with van der Waals surface area (Å²) >= 11 is 0. The van der Waals surface area contributed by atoms with Crippen LogP contribution in [0.25, 0.3) is 0 Å². The number of hydrogen-bond acceptors (Lipinski definition) is 4. The van der Waals surface area contributed by atoms with Crippen LogP contribution in [-0.2, 0) is 0 Å². The molecule has 118 valence electrons. The number of aromatic nitrogens is 1. The molecule has 5 nitrogen and oxygen atoms in total. The molecule has 0 aromatic carbocycles. The maximum absolute atomic E-state index is 12.6. The molecule has 5 heteroatoms. The minimum atomic E-state index is -0.391. The van der Waals surface area contributed by atoms with E-state index in [1.165, 1.54) is 0 Å². The van der Waals surface area contributed by atoms with E-state index in [2.05, 4.69) is 19.0 Å². The summed E-state index contributed by atoms with van der Waals surface area (Å²) in [6.07, 6.45) is 4.15. The van der Waals surface area contributed by atoms with E-state index < -0.39 is 6.10 Å². The Balaban J connectivity index is 2.09. The van der Waals surface area contributed by atoms with E-state index in [-0.39, 0.29) is 11.9 Å². The topological polar surface area (TPSA) is 66.6 Å². The minimum absolute atomic E-state index is 0.0946. The third-order valence-electron chi connectivity index (χ3n) is 4.39. The van der Waals surface area contributed by atoms with Gasteiger partial charge in [0.05, 0.1) is 11.8 Å². The Morgan fingerprint density at radius 3 is 2.86 bits per heavy atom. The van der Waals surface area contributed by atoms with Gasteiger partial charge in [0.15, 0.2) is 0 Å². The lowest BCUT2D eigenvalue weighted by Crippen LogP contribution is -2.37. The Bertz CT molecular complexity index is 466. The minimum Gasteiger partial charge on any atom is -0.393 e. The molecule has 21 heavy (non-hydrogen) atoms. The lowest BCUT2D eigenvalue weighted by atomic mass is 9.99. The molecule has 1 N–H and O–H groups in total. The van der Waals surface area contributed by atoms with Gasteiger partial charge in [0.1, 0.15) is 0 Å². The average Bonchev–Trinajstić information content (AvgIpc) is 3.08. The fourth-order valence-corrected chi connectivity index (χ4v) is 3.17. The molecule has 2 unspecified atom stereocenters. The van der Waals surface area contributed by atoms with Gasteiger partial charge in [0.25, 0.3) is 5.91 Å². The van der Waals surface area contributed by atoms with Crippen LogP contribution in [0.2, 0.25) is 0 Å². The van der Waals surface area contributed by atoms with Crippen LogP contribution in [0.5, 0.6) is 0 Å². The van der Waals surface area contributed by atoms with Crippen molar-refractivity contribution in [3.8, 4) is 0 Å². The third-order valence-corrected chi connectivity index (χ3v) is 4.39. The number of amides is 1. The Kier molecular flexibility index (Phi) is 5.39. The summed E-state index contributed by atoms with van der Waals surface area (Å²) < 4.78 is 5.27. The number of aliphatic hydroxyl groups is 1. The van der Waals surface area contributed by atoms with Gasteiger partial charge >= 0.3 is 0 Å². The summed E-state index contributed by atoms with van der Waals surface area (Å²) in [5.74, 6) is 0.583. The first-order chi connectivity index (χ1) is 10.1. The van der Waals surface area contributed by atoms with Crippen LogP contribution in [0.3, 0.4) is 0 Å². The molecule has 0 radical (unpaired) electrons. The second-order valence-corrected chi connectivity index (χ2v) is 6.01. The van der Waals surface area contributed by atoms with E-state index in [4.69, 9.17) is 4.52 Å². The highest BCUT2D eigenvalue weighted by Crippen LogP contribution is 2.26. The van der Waals surface area contributed by atoms with E-state index in [0.717, 1.165) is 37.9 Å². The summed E-state index contributed by atoms with van der Waals surface area (Å²) in [5.41, 5.74) is 0.870. The van der Waals surface area contributed by atoms with Crippen molar-refractivity contribution in [2.75, 3.05) is 6.54 Å². The molecule has 2 heterocycles. The summed E-state index contributed by atoms with van der Waals surface area (Å²) in [4.78, 5) is 14.4. The lowest BCUT2D eigenvalue weighted by Gasteiger charge is -2.24. The maximum atomic E-state index is 12.6. The van der Waals surface area contributed by atoms with Crippen molar-refractivity contribution in [2.24, 2.45) is 0 Å². The molecule has 1 aromatic heterocycles. The number of carbonyl (C=O) groups excluding carboxylic acids is 1. The van der Waals surface area contributed by atoms with Crippen LogP contribution in [0.15, 0.2) is 10.6 Å².